The van der Waals surface area contributed by atoms with Crippen molar-refractivity contribution in [2.45, 2.75) is 44.2 Å². The lowest BCUT2D eigenvalue weighted by atomic mass is 9.84. The Hall–Kier alpha value is -0.390. The van der Waals surface area contributed by atoms with Gasteiger partial charge in [0.05, 0.1) is 29.5 Å². The van der Waals surface area contributed by atoms with Gasteiger partial charge in [-0.05, 0) is 35.2 Å². The molecule has 1 heterocycles. The van der Waals surface area contributed by atoms with Gasteiger partial charge in [0.1, 0.15) is 0 Å². The fraction of sp³-hybridized carbons (Fsp3) is 0.750. The molecule has 2 unspecified atom stereocenters. The van der Waals surface area contributed by atoms with Crippen LogP contribution in [0.15, 0.2) is 10.7 Å². The summed E-state index contributed by atoms with van der Waals surface area (Å²) in [6, 6.07) is 0.317. The molecule has 1 aromatic rings. The van der Waals surface area contributed by atoms with Crippen LogP contribution < -0.4 is 5.73 Å². The van der Waals surface area contributed by atoms with Crippen LogP contribution in [0, 0.1) is 0 Å². The molecular weight excluding hydrogens is 282 g/mol. The normalized spacial score (nSPS) is 28.8. The first-order valence-electron chi connectivity index (χ1n) is 6.03. The number of nitrogens with zero attached hydrogens (tertiary/aromatic N) is 2. The summed E-state index contributed by atoms with van der Waals surface area (Å²) in [4.78, 5) is 0. The quantitative estimate of drug-likeness (QED) is 0.926. The second-order valence-corrected chi connectivity index (χ2v) is 5.97. The van der Waals surface area contributed by atoms with E-state index in [0.717, 1.165) is 30.3 Å². The molecule has 1 aliphatic carbocycles. The Labute approximate surface area is 111 Å². The molecule has 0 aromatic carbocycles. The number of halogens is 1. The van der Waals surface area contributed by atoms with E-state index < -0.39 is 0 Å². The van der Waals surface area contributed by atoms with Gasteiger partial charge >= 0.3 is 0 Å². The molecule has 1 saturated carbocycles. The maximum Gasteiger partial charge on any atom is 0.0659 e. The third-order valence-corrected chi connectivity index (χ3v) is 4.23. The molecule has 4 nitrogen and oxygen atoms in total. The Morgan fingerprint density at radius 1 is 1.71 bits per heavy atom. The summed E-state index contributed by atoms with van der Waals surface area (Å²) in [7, 11) is 1.71. The van der Waals surface area contributed by atoms with E-state index in [4.69, 9.17) is 10.5 Å². The summed E-state index contributed by atoms with van der Waals surface area (Å²) >= 11 is 3.61. The number of aromatic nitrogens is 2. The maximum absolute atomic E-state index is 6.05. The van der Waals surface area contributed by atoms with E-state index in [-0.39, 0.29) is 5.41 Å². The van der Waals surface area contributed by atoms with E-state index in [1.165, 1.54) is 5.69 Å². The van der Waals surface area contributed by atoms with Crippen molar-refractivity contribution in [2.24, 2.45) is 5.73 Å². The Bertz CT molecular complexity index is 393. The van der Waals surface area contributed by atoms with Crippen LogP contribution in [0.3, 0.4) is 0 Å². The Balaban J connectivity index is 2.27. The predicted molar refractivity (Wildman–Crippen MR) is 71.0 cm³/mol. The minimum absolute atomic E-state index is 0.141. The molecule has 96 valence electrons. The fourth-order valence-electron chi connectivity index (χ4n) is 2.81. The predicted octanol–water partition coefficient (Wildman–Crippen LogP) is 2.06. The van der Waals surface area contributed by atoms with Gasteiger partial charge in [-0.1, -0.05) is 6.92 Å². The summed E-state index contributed by atoms with van der Waals surface area (Å²) in [6.07, 6.45) is 5.13. The van der Waals surface area contributed by atoms with E-state index in [9.17, 15) is 0 Å². The van der Waals surface area contributed by atoms with Gasteiger partial charge in [0, 0.05) is 18.6 Å². The van der Waals surface area contributed by atoms with Gasteiger partial charge in [-0.3, -0.25) is 4.68 Å². The molecule has 1 fully saturated rings. The molecular formula is C12H20BrN3O. The van der Waals surface area contributed by atoms with Gasteiger partial charge in [0.2, 0.25) is 0 Å². The summed E-state index contributed by atoms with van der Waals surface area (Å²) in [6.45, 7) is 3.76. The van der Waals surface area contributed by atoms with Crippen LogP contribution in [0.5, 0.6) is 0 Å². The molecule has 5 heteroatoms. The summed E-state index contributed by atoms with van der Waals surface area (Å²) < 4.78 is 8.26. The van der Waals surface area contributed by atoms with Crippen molar-refractivity contribution in [1.29, 1.82) is 0 Å². The highest BCUT2D eigenvalue weighted by Crippen LogP contribution is 2.42. The van der Waals surface area contributed by atoms with Gasteiger partial charge < -0.3 is 10.5 Å². The molecule has 0 bridgehead atoms. The van der Waals surface area contributed by atoms with E-state index in [1.807, 2.05) is 10.9 Å². The lowest BCUT2D eigenvalue weighted by Crippen LogP contribution is -2.27. The first-order valence-corrected chi connectivity index (χ1v) is 6.82. The SMILES string of the molecule is COCCn1ncc(Br)c1C1(C)CCC(N)C1. The fourth-order valence-corrected chi connectivity index (χ4v) is 3.59. The van der Waals surface area contributed by atoms with Gasteiger partial charge in [-0.25, -0.2) is 0 Å². The highest BCUT2D eigenvalue weighted by molar-refractivity contribution is 9.10. The zero-order valence-corrected chi connectivity index (χ0v) is 12.0. The summed E-state index contributed by atoms with van der Waals surface area (Å²) in [5, 5.41) is 4.42. The minimum Gasteiger partial charge on any atom is -0.383 e. The lowest BCUT2D eigenvalue weighted by Gasteiger charge is -2.26. The topological polar surface area (TPSA) is 53.1 Å². The first kappa shape index (κ1) is 13.1. The summed E-state index contributed by atoms with van der Waals surface area (Å²) in [5.74, 6) is 0. The molecule has 0 aliphatic heterocycles. The van der Waals surface area contributed by atoms with Crippen molar-refractivity contribution in [2.75, 3.05) is 13.7 Å². The van der Waals surface area contributed by atoms with Gasteiger partial charge in [0.15, 0.2) is 0 Å². The third kappa shape index (κ3) is 2.56. The van der Waals surface area contributed by atoms with Crippen LogP contribution in [0.25, 0.3) is 0 Å². The standard InChI is InChI=1S/C12H20BrN3O/c1-12(4-3-9(14)7-12)11-10(13)8-15-16(11)5-6-17-2/h8-9H,3-7,14H2,1-2H3. The van der Waals surface area contributed by atoms with Crippen molar-refractivity contribution in [3.8, 4) is 0 Å². The lowest BCUT2D eigenvalue weighted by molar-refractivity contribution is 0.180. The van der Waals surface area contributed by atoms with Gasteiger partial charge in [-0.15, -0.1) is 0 Å². The molecule has 1 aromatic heterocycles. The van der Waals surface area contributed by atoms with Crippen molar-refractivity contribution >= 4 is 15.9 Å². The minimum atomic E-state index is 0.141. The highest BCUT2D eigenvalue weighted by atomic mass is 79.9. The highest BCUT2D eigenvalue weighted by Gasteiger charge is 2.38. The van der Waals surface area contributed by atoms with Crippen LogP contribution in [-0.2, 0) is 16.7 Å². The van der Waals surface area contributed by atoms with Crippen LogP contribution in [0.1, 0.15) is 31.9 Å². The number of hydrogen-bond acceptors (Lipinski definition) is 3. The van der Waals surface area contributed by atoms with Crippen LogP contribution in [0.4, 0.5) is 0 Å². The molecule has 0 amide bonds. The molecule has 17 heavy (non-hydrogen) atoms. The molecule has 2 N–H and O–H groups in total. The van der Waals surface area contributed by atoms with Gasteiger partial charge in [-0.2, -0.15) is 5.10 Å². The van der Waals surface area contributed by atoms with E-state index in [0.29, 0.717) is 12.6 Å². The van der Waals surface area contributed by atoms with Crippen molar-refractivity contribution in [3.63, 3.8) is 0 Å². The van der Waals surface area contributed by atoms with Crippen molar-refractivity contribution < 1.29 is 4.74 Å². The van der Waals surface area contributed by atoms with E-state index >= 15 is 0 Å². The van der Waals surface area contributed by atoms with E-state index in [1.54, 1.807) is 7.11 Å². The van der Waals surface area contributed by atoms with Crippen molar-refractivity contribution in [1.82, 2.24) is 9.78 Å². The molecule has 0 spiro atoms. The Kier molecular flexibility index (Phi) is 3.90. The zero-order chi connectivity index (χ0) is 12.5. The number of hydrogen-bond donors (Lipinski definition) is 1. The average molecular weight is 302 g/mol. The second-order valence-electron chi connectivity index (χ2n) is 5.12. The molecule has 1 aliphatic rings. The first-order chi connectivity index (χ1) is 8.07. The molecule has 2 atom stereocenters. The average Bonchev–Trinajstić information content (AvgIpc) is 2.80. The number of rotatable bonds is 4. The third-order valence-electron chi connectivity index (χ3n) is 3.65. The monoisotopic (exact) mass is 301 g/mol. The zero-order valence-electron chi connectivity index (χ0n) is 10.4. The Morgan fingerprint density at radius 2 is 2.47 bits per heavy atom. The van der Waals surface area contributed by atoms with Crippen LogP contribution in [0.2, 0.25) is 0 Å². The maximum atomic E-state index is 6.05. The van der Waals surface area contributed by atoms with Gasteiger partial charge in [0.25, 0.3) is 0 Å². The Morgan fingerprint density at radius 3 is 3.06 bits per heavy atom. The van der Waals surface area contributed by atoms with E-state index in [2.05, 4.69) is 28.0 Å². The number of methoxy groups -OCH3 is 1. The van der Waals surface area contributed by atoms with Crippen LogP contribution >= 0.6 is 15.9 Å². The summed E-state index contributed by atoms with van der Waals surface area (Å²) in [5.41, 5.74) is 7.45. The second kappa shape index (κ2) is 5.08. The largest absolute Gasteiger partial charge is 0.383 e. The number of nitrogens with two attached hydrogens (primary N) is 1. The molecule has 0 saturated heterocycles. The number of ether oxygens (including phenoxy) is 1. The van der Waals surface area contributed by atoms with Crippen LogP contribution in [-0.4, -0.2) is 29.5 Å². The smallest absolute Gasteiger partial charge is 0.0659 e. The van der Waals surface area contributed by atoms with Crippen molar-refractivity contribution in [3.05, 3.63) is 16.4 Å². The molecule has 0 radical (unpaired) electrons. The molecule has 2 rings (SSSR count).